The second-order valence-corrected chi connectivity index (χ2v) is 2.91. The van der Waals surface area contributed by atoms with Gasteiger partial charge in [0.15, 0.2) is 0 Å². The third kappa shape index (κ3) is 1.50. The average molecular weight is 197 g/mol. The number of nitrogens with zero attached hydrogens (tertiary/aromatic N) is 1. The molecule has 1 rings (SSSR count). The summed E-state index contributed by atoms with van der Waals surface area (Å²) in [4.78, 5) is 0.632. The predicted octanol–water partition coefficient (Wildman–Crippen LogP) is 0.606. The summed E-state index contributed by atoms with van der Waals surface area (Å²) < 4.78 is 36.5. The zero-order valence-corrected chi connectivity index (χ0v) is 6.65. The number of halogens is 3. The third-order valence-corrected chi connectivity index (χ3v) is 1.76. The predicted molar refractivity (Wildman–Crippen MR) is 41.7 cm³/mol. The maximum atomic E-state index is 12.2. The maximum Gasteiger partial charge on any atom is 0.426 e. The number of nitrogens with two attached hydrogens (primary N) is 1. The van der Waals surface area contributed by atoms with Crippen LogP contribution in [0, 0.1) is 0 Å². The first kappa shape index (κ1) is 9.24. The largest absolute Gasteiger partial charge is 0.426 e. The van der Waals surface area contributed by atoms with Crippen molar-refractivity contribution < 1.29 is 13.2 Å². The average Bonchev–Trinajstić information content (AvgIpc) is 1.83. The molecule has 0 saturated carbocycles. The molecule has 1 aliphatic heterocycles. The first-order valence-electron chi connectivity index (χ1n) is 2.93. The molecule has 0 spiro atoms. The van der Waals surface area contributed by atoms with Gasteiger partial charge in [0, 0.05) is 6.08 Å². The highest BCUT2D eigenvalue weighted by Gasteiger charge is 2.51. The van der Waals surface area contributed by atoms with Crippen LogP contribution in [0.2, 0.25) is 0 Å². The Morgan fingerprint density at radius 3 is 2.50 bits per heavy atom. The normalized spacial score (nSPS) is 29.5. The summed E-state index contributed by atoms with van der Waals surface area (Å²) in [7, 11) is 0. The summed E-state index contributed by atoms with van der Waals surface area (Å²) in [5.41, 5.74) is 5.12. The van der Waals surface area contributed by atoms with E-state index in [4.69, 9.17) is 5.73 Å². The van der Waals surface area contributed by atoms with Crippen molar-refractivity contribution >= 4 is 19.0 Å². The number of aliphatic imine (C=N–C) groups is 1. The summed E-state index contributed by atoms with van der Waals surface area (Å²) in [6, 6.07) is 0. The van der Waals surface area contributed by atoms with Gasteiger partial charge < -0.3 is 11.1 Å². The highest BCUT2D eigenvalue weighted by Crippen LogP contribution is 2.38. The van der Waals surface area contributed by atoms with Crippen LogP contribution >= 0.6 is 12.6 Å². The van der Waals surface area contributed by atoms with Crippen molar-refractivity contribution in [3.63, 3.8) is 0 Å². The SMILES string of the molecule is NC1=CC(S)(C(F)(F)F)N=CN1. The van der Waals surface area contributed by atoms with Crippen molar-refractivity contribution in [1.29, 1.82) is 0 Å². The van der Waals surface area contributed by atoms with Crippen LogP contribution in [0.3, 0.4) is 0 Å². The fourth-order valence-electron chi connectivity index (χ4n) is 0.656. The van der Waals surface area contributed by atoms with E-state index >= 15 is 0 Å². The van der Waals surface area contributed by atoms with Crippen LogP contribution in [-0.2, 0) is 0 Å². The Morgan fingerprint density at radius 2 is 2.17 bits per heavy atom. The molecule has 0 fully saturated rings. The van der Waals surface area contributed by atoms with Gasteiger partial charge in [0.2, 0.25) is 4.87 Å². The molecule has 0 aliphatic carbocycles. The van der Waals surface area contributed by atoms with Crippen molar-refractivity contribution in [3.05, 3.63) is 11.9 Å². The molecule has 68 valence electrons. The van der Waals surface area contributed by atoms with Gasteiger partial charge in [-0.15, -0.1) is 12.6 Å². The second kappa shape index (κ2) is 2.58. The van der Waals surface area contributed by atoms with E-state index in [0.29, 0.717) is 6.08 Å². The van der Waals surface area contributed by atoms with Gasteiger partial charge in [0.1, 0.15) is 5.82 Å². The summed E-state index contributed by atoms with van der Waals surface area (Å²) >= 11 is 3.37. The first-order valence-corrected chi connectivity index (χ1v) is 3.37. The molecule has 3 N–H and O–H groups in total. The van der Waals surface area contributed by atoms with Crippen molar-refractivity contribution in [2.45, 2.75) is 11.0 Å². The molecule has 1 atom stereocenters. The fourth-order valence-corrected chi connectivity index (χ4v) is 0.853. The van der Waals surface area contributed by atoms with Gasteiger partial charge >= 0.3 is 6.18 Å². The van der Waals surface area contributed by atoms with E-state index in [1.54, 1.807) is 0 Å². The fraction of sp³-hybridized carbons (Fsp3) is 0.400. The minimum Gasteiger partial charge on any atom is -0.385 e. The molecular weight excluding hydrogens is 191 g/mol. The van der Waals surface area contributed by atoms with Gasteiger partial charge in [0.05, 0.1) is 6.34 Å². The molecule has 0 aromatic carbocycles. The highest BCUT2D eigenvalue weighted by molar-refractivity contribution is 7.82. The van der Waals surface area contributed by atoms with Crippen LogP contribution in [0.1, 0.15) is 0 Å². The molecule has 0 saturated heterocycles. The van der Waals surface area contributed by atoms with Gasteiger partial charge in [0.25, 0.3) is 0 Å². The van der Waals surface area contributed by atoms with Crippen LogP contribution in [0.15, 0.2) is 16.9 Å². The summed E-state index contributed by atoms with van der Waals surface area (Å²) in [6.07, 6.45) is -2.97. The zero-order valence-electron chi connectivity index (χ0n) is 5.76. The van der Waals surface area contributed by atoms with Crippen molar-refractivity contribution in [1.82, 2.24) is 5.32 Å². The van der Waals surface area contributed by atoms with Gasteiger partial charge in [-0.25, -0.2) is 4.99 Å². The van der Waals surface area contributed by atoms with Crippen molar-refractivity contribution in [3.8, 4) is 0 Å². The van der Waals surface area contributed by atoms with Crippen LogP contribution < -0.4 is 11.1 Å². The van der Waals surface area contributed by atoms with E-state index in [0.717, 1.165) is 6.34 Å². The van der Waals surface area contributed by atoms with Crippen LogP contribution in [0.5, 0.6) is 0 Å². The number of rotatable bonds is 0. The lowest BCUT2D eigenvalue weighted by atomic mass is 10.2. The first-order chi connectivity index (χ1) is 5.35. The Bertz CT molecular complexity index is 247. The standard InChI is InChI=1S/C5H6F3N3S/c6-5(7,8)4(12)1-3(9)10-2-11-4/h1-2,12H,9H2,(H,10,11). The van der Waals surface area contributed by atoms with E-state index in [9.17, 15) is 13.2 Å². The van der Waals surface area contributed by atoms with E-state index in [1.165, 1.54) is 0 Å². The Kier molecular flexibility index (Phi) is 1.99. The molecule has 1 unspecified atom stereocenters. The number of nitrogens with one attached hydrogen (secondary N) is 1. The smallest absolute Gasteiger partial charge is 0.385 e. The molecular formula is C5H6F3N3S. The third-order valence-electron chi connectivity index (χ3n) is 1.27. The monoisotopic (exact) mass is 197 g/mol. The topological polar surface area (TPSA) is 50.4 Å². The number of hydrogen-bond acceptors (Lipinski definition) is 4. The summed E-state index contributed by atoms with van der Waals surface area (Å²) in [5, 5.41) is 2.31. The zero-order chi connectivity index (χ0) is 9.41. The molecule has 0 bridgehead atoms. The van der Waals surface area contributed by atoms with Crippen LogP contribution in [0.25, 0.3) is 0 Å². The number of thiol groups is 1. The molecule has 1 heterocycles. The van der Waals surface area contributed by atoms with Crippen molar-refractivity contribution in [2.75, 3.05) is 0 Å². The number of hydrogen-bond donors (Lipinski definition) is 3. The highest BCUT2D eigenvalue weighted by atomic mass is 32.1. The molecule has 12 heavy (non-hydrogen) atoms. The second-order valence-electron chi connectivity index (χ2n) is 2.23. The lowest BCUT2D eigenvalue weighted by Gasteiger charge is -2.26. The van der Waals surface area contributed by atoms with Gasteiger partial charge in [-0.3, -0.25) is 0 Å². The van der Waals surface area contributed by atoms with Crippen molar-refractivity contribution in [2.24, 2.45) is 10.7 Å². The summed E-state index contributed by atoms with van der Waals surface area (Å²) in [5.74, 6) is -0.114. The van der Waals surface area contributed by atoms with E-state index < -0.39 is 11.0 Å². The van der Waals surface area contributed by atoms with Crippen LogP contribution in [0.4, 0.5) is 13.2 Å². The maximum absolute atomic E-state index is 12.2. The lowest BCUT2D eigenvalue weighted by Crippen LogP contribution is -2.41. The molecule has 7 heteroatoms. The lowest BCUT2D eigenvalue weighted by molar-refractivity contribution is -0.145. The minimum atomic E-state index is -4.54. The Labute approximate surface area is 71.9 Å². The quantitative estimate of drug-likeness (QED) is 0.498. The van der Waals surface area contributed by atoms with E-state index in [-0.39, 0.29) is 5.82 Å². The number of alkyl halides is 3. The minimum absolute atomic E-state index is 0.114. The molecule has 0 aromatic rings. The van der Waals surface area contributed by atoms with Gasteiger partial charge in [-0.2, -0.15) is 13.2 Å². The Balaban J connectivity index is 2.99. The van der Waals surface area contributed by atoms with E-state index in [1.807, 2.05) is 0 Å². The molecule has 0 aromatic heterocycles. The summed E-state index contributed by atoms with van der Waals surface area (Å²) in [6.45, 7) is 0. The van der Waals surface area contributed by atoms with E-state index in [2.05, 4.69) is 22.9 Å². The van der Waals surface area contributed by atoms with Crippen LogP contribution in [-0.4, -0.2) is 17.4 Å². The Morgan fingerprint density at radius 1 is 1.58 bits per heavy atom. The molecule has 0 radical (unpaired) electrons. The Hall–Kier alpha value is -0.850. The molecule has 3 nitrogen and oxygen atoms in total. The molecule has 1 aliphatic rings. The van der Waals surface area contributed by atoms with Gasteiger partial charge in [-0.05, 0) is 0 Å². The van der Waals surface area contributed by atoms with Gasteiger partial charge in [-0.1, -0.05) is 0 Å². The molecule has 0 amide bonds.